The third-order valence-corrected chi connectivity index (χ3v) is 3.11. The largest absolute Gasteiger partial charge is 0.490 e. The van der Waals surface area contributed by atoms with Crippen LogP contribution in [0.4, 0.5) is 5.69 Å². The molecular formula is C12H14BrN3O. The summed E-state index contributed by atoms with van der Waals surface area (Å²) in [5.74, 6) is 1.69. The molecule has 0 spiro atoms. The van der Waals surface area contributed by atoms with Gasteiger partial charge in [0.1, 0.15) is 5.82 Å². The first-order valence-corrected chi connectivity index (χ1v) is 6.11. The second-order valence-electron chi connectivity index (χ2n) is 3.71. The highest BCUT2D eigenvalue weighted by Gasteiger charge is 2.06. The van der Waals surface area contributed by atoms with Crippen LogP contribution in [0, 0.1) is 0 Å². The number of rotatable bonds is 4. The van der Waals surface area contributed by atoms with E-state index in [1.807, 2.05) is 36.0 Å². The van der Waals surface area contributed by atoms with Gasteiger partial charge in [-0.2, -0.15) is 0 Å². The minimum absolute atomic E-state index is 0.553. The zero-order valence-electron chi connectivity index (χ0n) is 9.56. The van der Waals surface area contributed by atoms with Crippen LogP contribution in [0.1, 0.15) is 5.82 Å². The van der Waals surface area contributed by atoms with Gasteiger partial charge in [-0.05, 0) is 28.1 Å². The quantitative estimate of drug-likeness (QED) is 0.881. The molecule has 17 heavy (non-hydrogen) atoms. The van der Waals surface area contributed by atoms with E-state index in [1.165, 1.54) is 0 Å². The molecule has 1 heterocycles. The number of aromatic nitrogens is 2. The Morgan fingerprint density at radius 2 is 2.29 bits per heavy atom. The molecule has 2 N–H and O–H groups in total. The van der Waals surface area contributed by atoms with E-state index in [9.17, 15) is 0 Å². The van der Waals surface area contributed by atoms with E-state index in [0.29, 0.717) is 18.0 Å². The number of benzene rings is 1. The van der Waals surface area contributed by atoms with Crippen molar-refractivity contribution >= 4 is 21.6 Å². The van der Waals surface area contributed by atoms with E-state index in [0.717, 1.165) is 16.7 Å². The second kappa shape index (κ2) is 5.23. The SMILES string of the molecule is Cn1ccnc1CCOc1c(N)cccc1Br. The number of ether oxygens (including phenoxy) is 1. The van der Waals surface area contributed by atoms with Crippen LogP contribution in [0.5, 0.6) is 5.75 Å². The fourth-order valence-electron chi connectivity index (χ4n) is 1.56. The number of imidazole rings is 1. The molecule has 0 bridgehead atoms. The molecule has 4 nitrogen and oxygen atoms in total. The van der Waals surface area contributed by atoms with E-state index in [1.54, 1.807) is 6.20 Å². The van der Waals surface area contributed by atoms with Crippen molar-refractivity contribution in [1.82, 2.24) is 9.55 Å². The van der Waals surface area contributed by atoms with Crippen molar-refractivity contribution in [1.29, 1.82) is 0 Å². The Bertz CT molecular complexity index is 490. The van der Waals surface area contributed by atoms with Crippen molar-refractivity contribution in [2.24, 2.45) is 7.05 Å². The molecule has 0 amide bonds. The van der Waals surface area contributed by atoms with Gasteiger partial charge in [0.15, 0.2) is 5.75 Å². The van der Waals surface area contributed by atoms with Crippen molar-refractivity contribution in [3.63, 3.8) is 0 Å². The number of hydrogen-bond acceptors (Lipinski definition) is 3. The van der Waals surface area contributed by atoms with Crippen LogP contribution in [0.2, 0.25) is 0 Å². The molecule has 90 valence electrons. The zero-order valence-corrected chi connectivity index (χ0v) is 11.1. The number of hydrogen-bond donors (Lipinski definition) is 1. The van der Waals surface area contributed by atoms with Gasteiger partial charge in [0.25, 0.3) is 0 Å². The van der Waals surface area contributed by atoms with Crippen molar-refractivity contribution in [3.05, 3.63) is 40.9 Å². The number of aryl methyl sites for hydroxylation is 1. The maximum atomic E-state index is 5.83. The Balaban J connectivity index is 1.97. The summed E-state index contributed by atoms with van der Waals surface area (Å²) in [6.45, 7) is 0.553. The number of para-hydroxylation sites is 1. The summed E-state index contributed by atoms with van der Waals surface area (Å²) in [7, 11) is 1.97. The zero-order chi connectivity index (χ0) is 12.3. The average Bonchev–Trinajstić information content (AvgIpc) is 2.69. The summed E-state index contributed by atoms with van der Waals surface area (Å²) in [5.41, 5.74) is 6.47. The average molecular weight is 296 g/mol. The summed E-state index contributed by atoms with van der Waals surface area (Å²) in [4.78, 5) is 4.23. The van der Waals surface area contributed by atoms with Crippen molar-refractivity contribution < 1.29 is 4.74 Å². The molecule has 2 aromatic rings. The Labute approximate surface area is 109 Å². The van der Waals surface area contributed by atoms with Crippen LogP contribution in [0.15, 0.2) is 35.1 Å². The molecule has 0 atom stereocenters. The van der Waals surface area contributed by atoms with E-state index < -0.39 is 0 Å². The summed E-state index contributed by atoms with van der Waals surface area (Å²) in [6.07, 6.45) is 4.45. The van der Waals surface area contributed by atoms with E-state index in [4.69, 9.17) is 10.5 Å². The number of nitrogens with two attached hydrogens (primary N) is 1. The third-order valence-electron chi connectivity index (χ3n) is 2.49. The van der Waals surface area contributed by atoms with Gasteiger partial charge in [-0.25, -0.2) is 4.98 Å². The van der Waals surface area contributed by atoms with E-state index >= 15 is 0 Å². The minimum Gasteiger partial charge on any atom is -0.490 e. The van der Waals surface area contributed by atoms with Gasteiger partial charge in [-0.3, -0.25) is 0 Å². The molecule has 1 aromatic carbocycles. The Kier molecular flexibility index (Phi) is 3.68. The van der Waals surface area contributed by atoms with Gasteiger partial charge in [0.05, 0.1) is 16.8 Å². The molecule has 0 radical (unpaired) electrons. The molecule has 0 saturated heterocycles. The number of nitrogens with zero attached hydrogens (tertiary/aromatic N) is 2. The van der Waals surface area contributed by atoms with Crippen LogP contribution >= 0.6 is 15.9 Å². The first kappa shape index (κ1) is 12.0. The van der Waals surface area contributed by atoms with Gasteiger partial charge in [0.2, 0.25) is 0 Å². The van der Waals surface area contributed by atoms with Gasteiger partial charge in [-0.1, -0.05) is 6.07 Å². The summed E-state index contributed by atoms with van der Waals surface area (Å²) >= 11 is 3.41. The van der Waals surface area contributed by atoms with Crippen LogP contribution in [-0.4, -0.2) is 16.2 Å². The summed E-state index contributed by atoms with van der Waals surface area (Å²) in [5, 5.41) is 0. The van der Waals surface area contributed by atoms with Gasteiger partial charge in [0, 0.05) is 25.9 Å². The smallest absolute Gasteiger partial charge is 0.156 e. The molecule has 1 aromatic heterocycles. The molecule has 0 unspecified atom stereocenters. The third kappa shape index (κ3) is 2.79. The highest BCUT2D eigenvalue weighted by Crippen LogP contribution is 2.30. The number of halogens is 1. The molecule has 5 heteroatoms. The normalized spacial score (nSPS) is 10.5. The van der Waals surface area contributed by atoms with Crippen LogP contribution in [0.3, 0.4) is 0 Å². The lowest BCUT2D eigenvalue weighted by atomic mass is 10.3. The maximum Gasteiger partial charge on any atom is 0.156 e. The monoisotopic (exact) mass is 295 g/mol. The predicted octanol–water partition coefficient (Wildman–Crippen LogP) is 2.39. The summed E-state index contributed by atoms with van der Waals surface area (Å²) in [6, 6.07) is 5.61. The van der Waals surface area contributed by atoms with Gasteiger partial charge in [-0.15, -0.1) is 0 Å². The van der Waals surface area contributed by atoms with Crippen LogP contribution in [-0.2, 0) is 13.5 Å². The topological polar surface area (TPSA) is 53.1 Å². The van der Waals surface area contributed by atoms with E-state index in [2.05, 4.69) is 20.9 Å². The number of nitrogen functional groups attached to an aromatic ring is 1. The van der Waals surface area contributed by atoms with Crippen LogP contribution < -0.4 is 10.5 Å². The molecule has 0 saturated carbocycles. The molecule has 2 rings (SSSR count). The highest BCUT2D eigenvalue weighted by atomic mass is 79.9. The Morgan fingerprint density at radius 3 is 2.94 bits per heavy atom. The first-order valence-electron chi connectivity index (χ1n) is 5.31. The van der Waals surface area contributed by atoms with Crippen molar-refractivity contribution in [2.45, 2.75) is 6.42 Å². The predicted molar refractivity (Wildman–Crippen MR) is 71.0 cm³/mol. The van der Waals surface area contributed by atoms with Gasteiger partial charge < -0.3 is 15.0 Å². The fraction of sp³-hybridized carbons (Fsp3) is 0.250. The van der Waals surface area contributed by atoms with E-state index in [-0.39, 0.29) is 0 Å². The Morgan fingerprint density at radius 1 is 1.47 bits per heavy atom. The minimum atomic E-state index is 0.553. The molecule has 0 aliphatic carbocycles. The fourth-order valence-corrected chi connectivity index (χ4v) is 2.06. The first-order chi connectivity index (χ1) is 8.18. The Hall–Kier alpha value is -1.49. The van der Waals surface area contributed by atoms with Crippen molar-refractivity contribution in [2.75, 3.05) is 12.3 Å². The van der Waals surface area contributed by atoms with Crippen LogP contribution in [0.25, 0.3) is 0 Å². The molecule has 0 aliphatic heterocycles. The highest BCUT2D eigenvalue weighted by molar-refractivity contribution is 9.10. The molecular weight excluding hydrogens is 282 g/mol. The second-order valence-corrected chi connectivity index (χ2v) is 4.57. The van der Waals surface area contributed by atoms with Gasteiger partial charge >= 0.3 is 0 Å². The lowest BCUT2D eigenvalue weighted by molar-refractivity contribution is 0.317. The van der Waals surface area contributed by atoms with Crippen molar-refractivity contribution in [3.8, 4) is 5.75 Å². The number of anilines is 1. The summed E-state index contributed by atoms with van der Waals surface area (Å²) < 4.78 is 8.52. The molecule has 0 fully saturated rings. The lowest BCUT2D eigenvalue weighted by Crippen LogP contribution is -2.07. The lowest BCUT2D eigenvalue weighted by Gasteiger charge is -2.10. The standard InChI is InChI=1S/C12H14BrN3O/c1-16-7-6-15-11(16)5-8-17-12-9(13)3-2-4-10(12)14/h2-4,6-7H,5,8,14H2,1H3. The maximum absolute atomic E-state index is 5.83. The molecule has 0 aliphatic rings.